The van der Waals surface area contributed by atoms with Gasteiger partial charge < -0.3 is 15.6 Å². The van der Waals surface area contributed by atoms with Crippen LogP contribution in [0, 0.1) is 6.92 Å². The van der Waals surface area contributed by atoms with Crippen LogP contribution in [0.3, 0.4) is 0 Å². The minimum absolute atomic E-state index is 0.645. The summed E-state index contributed by atoms with van der Waals surface area (Å²) in [7, 11) is 4.02. The molecule has 0 unspecified atom stereocenters. The summed E-state index contributed by atoms with van der Waals surface area (Å²) in [5.74, 6) is 7.70. The van der Waals surface area contributed by atoms with E-state index >= 15 is 0 Å². The summed E-state index contributed by atoms with van der Waals surface area (Å²) in [4.78, 5) is 11.0. The first kappa shape index (κ1) is 15.1. The number of para-hydroxylation sites is 2. The maximum atomic E-state index is 5.54. The first-order valence-electron chi connectivity index (χ1n) is 6.94. The highest BCUT2D eigenvalue weighted by Gasteiger charge is 2.11. The molecule has 1 aromatic carbocycles. The maximum absolute atomic E-state index is 5.54. The highest BCUT2D eigenvalue weighted by Crippen LogP contribution is 2.29. The quantitative estimate of drug-likeness (QED) is 0.579. The molecule has 4 N–H and O–H groups in total. The number of nitrogens with two attached hydrogens (primary N) is 1. The Morgan fingerprint density at radius 1 is 1.14 bits per heavy atom. The van der Waals surface area contributed by atoms with E-state index in [-0.39, 0.29) is 0 Å². The summed E-state index contributed by atoms with van der Waals surface area (Å²) < 4.78 is 0. The second-order valence-corrected chi connectivity index (χ2v) is 5.00. The number of nitrogens with zero attached hydrogens (tertiary/aromatic N) is 3. The highest BCUT2D eigenvalue weighted by atomic mass is 15.3. The third-order valence-electron chi connectivity index (χ3n) is 3.28. The van der Waals surface area contributed by atoms with E-state index in [9.17, 15) is 0 Å². The van der Waals surface area contributed by atoms with Gasteiger partial charge in [0.25, 0.3) is 0 Å². The fourth-order valence-electron chi connectivity index (χ4n) is 2.08. The standard InChI is InChI=1S/C15H22N6/c1-5-13-18-14(10(2)15(19-13)20-16)17-11-8-6-7-9-12(11)21(3)4/h6-9H,5,16H2,1-4H3,(H2,17,18,19,20). The first-order chi connectivity index (χ1) is 10.1. The molecule has 1 aromatic heterocycles. The normalized spacial score (nSPS) is 10.3. The summed E-state index contributed by atoms with van der Waals surface area (Å²) in [6.07, 6.45) is 0.749. The Labute approximate surface area is 125 Å². The SMILES string of the molecule is CCc1nc(NN)c(C)c(Nc2ccccc2N(C)C)n1. The lowest BCUT2D eigenvalue weighted by molar-refractivity contribution is 0.932. The van der Waals surface area contributed by atoms with E-state index in [0.717, 1.165) is 35.0 Å². The Kier molecular flexibility index (Phi) is 4.59. The number of nitrogen functional groups attached to an aromatic ring is 1. The van der Waals surface area contributed by atoms with E-state index in [1.54, 1.807) is 0 Å². The van der Waals surface area contributed by atoms with Gasteiger partial charge in [-0.15, -0.1) is 0 Å². The largest absolute Gasteiger partial charge is 0.376 e. The van der Waals surface area contributed by atoms with Crippen LogP contribution in [0.5, 0.6) is 0 Å². The van der Waals surface area contributed by atoms with E-state index in [1.807, 2.05) is 46.1 Å². The van der Waals surface area contributed by atoms with Crippen molar-refractivity contribution in [1.29, 1.82) is 0 Å². The lowest BCUT2D eigenvalue weighted by Crippen LogP contribution is -2.15. The molecule has 0 saturated heterocycles. The summed E-state index contributed by atoms with van der Waals surface area (Å²) in [6.45, 7) is 3.96. The van der Waals surface area contributed by atoms with Gasteiger partial charge >= 0.3 is 0 Å². The molecule has 0 spiro atoms. The molecule has 0 amide bonds. The maximum Gasteiger partial charge on any atom is 0.148 e. The van der Waals surface area contributed by atoms with Crippen LogP contribution >= 0.6 is 0 Å². The van der Waals surface area contributed by atoms with Crippen LogP contribution in [0.25, 0.3) is 0 Å². The fraction of sp³-hybridized carbons (Fsp3) is 0.333. The molecular formula is C15H22N6. The van der Waals surface area contributed by atoms with Gasteiger partial charge in [-0.3, -0.25) is 0 Å². The molecule has 0 atom stereocenters. The Balaban J connectivity index is 2.44. The average molecular weight is 286 g/mol. The van der Waals surface area contributed by atoms with Gasteiger partial charge in [-0.2, -0.15) is 0 Å². The zero-order valence-electron chi connectivity index (χ0n) is 12.9. The second kappa shape index (κ2) is 6.41. The van der Waals surface area contributed by atoms with Gasteiger partial charge in [0.2, 0.25) is 0 Å². The molecule has 0 aliphatic carbocycles. The number of benzene rings is 1. The van der Waals surface area contributed by atoms with Crippen molar-refractivity contribution in [2.24, 2.45) is 5.84 Å². The number of hydrogen-bond donors (Lipinski definition) is 3. The molecule has 6 nitrogen and oxygen atoms in total. The molecule has 2 aromatic rings. The van der Waals surface area contributed by atoms with Crippen molar-refractivity contribution in [3.05, 3.63) is 35.7 Å². The zero-order valence-corrected chi connectivity index (χ0v) is 12.9. The first-order valence-corrected chi connectivity index (χ1v) is 6.94. The van der Waals surface area contributed by atoms with Crippen LogP contribution in [-0.4, -0.2) is 24.1 Å². The number of rotatable bonds is 5. The predicted molar refractivity (Wildman–Crippen MR) is 88.0 cm³/mol. The monoisotopic (exact) mass is 286 g/mol. The predicted octanol–water partition coefficient (Wildman–Crippen LogP) is 2.44. The Bertz CT molecular complexity index is 624. The Morgan fingerprint density at radius 2 is 1.81 bits per heavy atom. The molecular weight excluding hydrogens is 264 g/mol. The molecule has 2 rings (SSSR count). The van der Waals surface area contributed by atoms with Gasteiger partial charge in [-0.1, -0.05) is 19.1 Å². The summed E-state index contributed by atoms with van der Waals surface area (Å²) in [5.41, 5.74) is 5.61. The number of anilines is 4. The van der Waals surface area contributed by atoms with Crippen molar-refractivity contribution in [2.45, 2.75) is 20.3 Å². The van der Waals surface area contributed by atoms with Crippen LogP contribution in [-0.2, 0) is 6.42 Å². The number of aryl methyl sites for hydroxylation is 1. The van der Waals surface area contributed by atoms with Crippen LogP contribution in [0.15, 0.2) is 24.3 Å². The number of nitrogens with one attached hydrogen (secondary N) is 2. The van der Waals surface area contributed by atoms with E-state index in [0.29, 0.717) is 5.82 Å². The van der Waals surface area contributed by atoms with Crippen molar-refractivity contribution >= 4 is 23.0 Å². The summed E-state index contributed by atoms with van der Waals surface area (Å²) in [5, 5.41) is 3.38. The molecule has 0 fully saturated rings. The van der Waals surface area contributed by atoms with Gasteiger partial charge in [0.1, 0.15) is 17.5 Å². The van der Waals surface area contributed by atoms with E-state index in [4.69, 9.17) is 5.84 Å². The average Bonchev–Trinajstić information content (AvgIpc) is 2.49. The van der Waals surface area contributed by atoms with Gasteiger partial charge in [0.05, 0.1) is 11.4 Å². The molecule has 0 radical (unpaired) electrons. The fourth-order valence-corrected chi connectivity index (χ4v) is 2.08. The molecule has 0 aliphatic heterocycles. The van der Waals surface area contributed by atoms with Crippen molar-refractivity contribution < 1.29 is 0 Å². The highest BCUT2D eigenvalue weighted by molar-refractivity contribution is 5.75. The van der Waals surface area contributed by atoms with Crippen molar-refractivity contribution in [2.75, 3.05) is 29.7 Å². The van der Waals surface area contributed by atoms with E-state index in [1.165, 1.54) is 0 Å². The van der Waals surface area contributed by atoms with Crippen LogP contribution in [0.1, 0.15) is 18.3 Å². The van der Waals surface area contributed by atoms with Gasteiger partial charge in [0.15, 0.2) is 0 Å². The summed E-state index contributed by atoms with van der Waals surface area (Å²) >= 11 is 0. The number of aromatic nitrogens is 2. The molecule has 1 heterocycles. The Morgan fingerprint density at radius 3 is 2.43 bits per heavy atom. The van der Waals surface area contributed by atoms with E-state index in [2.05, 4.69) is 31.7 Å². The van der Waals surface area contributed by atoms with Crippen molar-refractivity contribution in [3.8, 4) is 0 Å². The minimum atomic E-state index is 0.645. The molecule has 0 saturated carbocycles. The van der Waals surface area contributed by atoms with Crippen LogP contribution in [0.2, 0.25) is 0 Å². The lowest BCUT2D eigenvalue weighted by atomic mass is 10.2. The summed E-state index contributed by atoms with van der Waals surface area (Å²) in [6, 6.07) is 8.09. The smallest absolute Gasteiger partial charge is 0.148 e. The number of hydrogen-bond acceptors (Lipinski definition) is 6. The molecule has 21 heavy (non-hydrogen) atoms. The van der Waals surface area contributed by atoms with Crippen molar-refractivity contribution in [3.63, 3.8) is 0 Å². The molecule has 6 heteroatoms. The van der Waals surface area contributed by atoms with Gasteiger partial charge in [0, 0.05) is 26.1 Å². The molecule has 112 valence electrons. The molecule has 0 aliphatic rings. The Hall–Kier alpha value is -2.34. The van der Waals surface area contributed by atoms with Crippen LogP contribution in [0.4, 0.5) is 23.0 Å². The minimum Gasteiger partial charge on any atom is -0.376 e. The van der Waals surface area contributed by atoms with Crippen molar-refractivity contribution in [1.82, 2.24) is 9.97 Å². The van der Waals surface area contributed by atoms with Crippen LogP contribution < -0.4 is 21.5 Å². The van der Waals surface area contributed by atoms with E-state index < -0.39 is 0 Å². The lowest BCUT2D eigenvalue weighted by Gasteiger charge is -2.19. The third-order valence-corrected chi connectivity index (χ3v) is 3.28. The van der Waals surface area contributed by atoms with Gasteiger partial charge in [-0.05, 0) is 19.1 Å². The second-order valence-electron chi connectivity index (χ2n) is 5.00. The third kappa shape index (κ3) is 3.22. The number of hydrazine groups is 1. The zero-order chi connectivity index (χ0) is 15.4. The molecule has 0 bridgehead atoms. The van der Waals surface area contributed by atoms with Gasteiger partial charge in [-0.25, -0.2) is 15.8 Å². The topological polar surface area (TPSA) is 79.1 Å².